The first kappa shape index (κ1) is 17.9. The summed E-state index contributed by atoms with van der Waals surface area (Å²) < 4.78 is 0. The van der Waals surface area contributed by atoms with Gasteiger partial charge < -0.3 is 16.0 Å². The first-order chi connectivity index (χ1) is 12.6. The maximum absolute atomic E-state index is 12.5. The summed E-state index contributed by atoms with van der Waals surface area (Å²) >= 11 is 0. The second-order valence-electron chi connectivity index (χ2n) is 6.34. The van der Waals surface area contributed by atoms with E-state index < -0.39 is 4.92 Å². The Hall–Kier alpha value is -2.93. The van der Waals surface area contributed by atoms with Crippen LogP contribution in [0.15, 0.2) is 42.5 Å². The highest BCUT2D eigenvalue weighted by molar-refractivity contribution is 6.05. The van der Waals surface area contributed by atoms with E-state index in [1.807, 2.05) is 25.1 Å². The summed E-state index contributed by atoms with van der Waals surface area (Å²) in [4.78, 5) is 23.4. The Labute approximate surface area is 152 Å². The van der Waals surface area contributed by atoms with Gasteiger partial charge in [0.1, 0.15) is 5.69 Å². The molecule has 0 radical (unpaired) electrons. The van der Waals surface area contributed by atoms with Gasteiger partial charge in [0.2, 0.25) is 0 Å². The van der Waals surface area contributed by atoms with Crippen LogP contribution in [0.2, 0.25) is 0 Å². The number of rotatable bonds is 8. The van der Waals surface area contributed by atoms with Crippen molar-refractivity contribution in [2.24, 2.45) is 0 Å². The van der Waals surface area contributed by atoms with Gasteiger partial charge in [0.05, 0.1) is 4.92 Å². The number of nitro groups is 1. The molecule has 1 fully saturated rings. The van der Waals surface area contributed by atoms with Crippen LogP contribution in [0.4, 0.5) is 17.1 Å². The maximum Gasteiger partial charge on any atom is 0.293 e. The molecule has 3 rings (SSSR count). The molecule has 0 aliphatic heterocycles. The van der Waals surface area contributed by atoms with Crippen LogP contribution >= 0.6 is 0 Å². The van der Waals surface area contributed by atoms with Gasteiger partial charge in [-0.1, -0.05) is 19.1 Å². The van der Waals surface area contributed by atoms with Crippen LogP contribution in [0.5, 0.6) is 0 Å². The number of hydrogen-bond acceptors (Lipinski definition) is 5. The van der Waals surface area contributed by atoms with Crippen LogP contribution in [0.25, 0.3) is 0 Å². The molecule has 2 aromatic rings. The van der Waals surface area contributed by atoms with E-state index in [2.05, 4.69) is 16.0 Å². The molecule has 1 amide bonds. The molecular formula is C19H22N4O3. The molecular weight excluding hydrogens is 332 g/mol. The molecule has 1 aliphatic rings. The molecule has 26 heavy (non-hydrogen) atoms. The standard InChI is InChI=1S/C19H22N4O3/c1-2-20-12-13-4-3-5-16(10-13)22-19(24)14-6-9-17(21-15-7-8-15)18(11-14)23(25)26/h3-6,9-11,15,20-21H,2,7-8,12H2,1H3,(H,22,24). The summed E-state index contributed by atoms with van der Waals surface area (Å²) in [6.45, 7) is 3.61. The Morgan fingerprint density at radius 2 is 2.04 bits per heavy atom. The lowest BCUT2D eigenvalue weighted by Crippen LogP contribution is -2.14. The second-order valence-corrected chi connectivity index (χ2v) is 6.34. The van der Waals surface area contributed by atoms with Crippen molar-refractivity contribution in [2.75, 3.05) is 17.2 Å². The molecule has 2 aromatic carbocycles. The van der Waals surface area contributed by atoms with Gasteiger partial charge in [-0.2, -0.15) is 0 Å². The molecule has 0 bridgehead atoms. The van der Waals surface area contributed by atoms with Gasteiger partial charge in [-0.05, 0) is 49.2 Å². The van der Waals surface area contributed by atoms with Crippen molar-refractivity contribution in [2.45, 2.75) is 32.4 Å². The third-order valence-electron chi connectivity index (χ3n) is 4.16. The van der Waals surface area contributed by atoms with Crippen LogP contribution in [0.3, 0.4) is 0 Å². The van der Waals surface area contributed by atoms with E-state index in [9.17, 15) is 14.9 Å². The first-order valence-corrected chi connectivity index (χ1v) is 8.73. The van der Waals surface area contributed by atoms with Gasteiger partial charge in [-0.25, -0.2) is 0 Å². The average molecular weight is 354 g/mol. The monoisotopic (exact) mass is 354 g/mol. The normalized spacial score (nSPS) is 13.3. The topological polar surface area (TPSA) is 96.3 Å². The van der Waals surface area contributed by atoms with Gasteiger partial charge in [-0.15, -0.1) is 0 Å². The number of nitrogens with zero attached hydrogens (tertiary/aromatic N) is 1. The Morgan fingerprint density at radius 1 is 1.23 bits per heavy atom. The molecule has 1 saturated carbocycles. The minimum absolute atomic E-state index is 0.0783. The van der Waals surface area contributed by atoms with Crippen molar-refractivity contribution in [3.63, 3.8) is 0 Å². The summed E-state index contributed by atoms with van der Waals surface area (Å²) in [5.41, 5.74) is 2.36. The van der Waals surface area contributed by atoms with Crippen molar-refractivity contribution >= 4 is 23.0 Å². The highest BCUT2D eigenvalue weighted by Crippen LogP contribution is 2.31. The van der Waals surface area contributed by atoms with Crippen molar-refractivity contribution in [3.8, 4) is 0 Å². The second kappa shape index (κ2) is 7.97. The molecule has 0 aromatic heterocycles. The van der Waals surface area contributed by atoms with E-state index >= 15 is 0 Å². The lowest BCUT2D eigenvalue weighted by atomic mass is 10.1. The SMILES string of the molecule is CCNCc1cccc(NC(=O)c2ccc(NC3CC3)c([N+](=O)[O-])c2)c1. The zero-order valence-electron chi connectivity index (χ0n) is 14.6. The number of benzene rings is 2. The largest absolute Gasteiger partial charge is 0.377 e. The zero-order chi connectivity index (χ0) is 18.5. The van der Waals surface area contributed by atoms with Gasteiger partial charge in [0.15, 0.2) is 0 Å². The van der Waals surface area contributed by atoms with E-state index in [0.29, 0.717) is 24.0 Å². The van der Waals surface area contributed by atoms with Crippen LogP contribution in [0, 0.1) is 10.1 Å². The van der Waals surface area contributed by atoms with Gasteiger partial charge in [-0.3, -0.25) is 14.9 Å². The van der Waals surface area contributed by atoms with Crippen LogP contribution < -0.4 is 16.0 Å². The average Bonchev–Trinajstić information content (AvgIpc) is 3.44. The predicted octanol–water partition coefficient (Wildman–Crippen LogP) is 3.53. The maximum atomic E-state index is 12.5. The fraction of sp³-hybridized carbons (Fsp3) is 0.316. The highest BCUT2D eigenvalue weighted by atomic mass is 16.6. The number of carbonyl (C=O) groups excluding carboxylic acids is 1. The summed E-state index contributed by atoms with van der Waals surface area (Å²) in [6, 6.07) is 12.4. The summed E-state index contributed by atoms with van der Waals surface area (Å²) in [7, 11) is 0. The fourth-order valence-corrected chi connectivity index (χ4v) is 2.63. The molecule has 136 valence electrons. The predicted molar refractivity (Wildman–Crippen MR) is 102 cm³/mol. The Bertz CT molecular complexity index is 818. The van der Waals surface area contributed by atoms with Crippen molar-refractivity contribution < 1.29 is 9.72 Å². The fourth-order valence-electron chi connectivity index (χ4n) is 2.63. The Kier molecular flexibility index (Phi) is 5.48. The van der Waals surface area contributed by atoms with E-state index in [4.69, 9.17) is 0 Å². The van der Waals surface area contributed by atoms with E-state index in [-0.39, 0.29) is 17.2 Å². The lowest BCUT2D eigenvalue weighted by molar-refractivity contribution is -0.384. The molecule has 3 N–H and O–H groups in total. The Balaban J connectivity index is 1.75. The number of anilines is 2. The molecule has 1 aliphatic carbocycles. The quantitative estimate of drug-likeness (QED) is 0.498. The highest BCUT2D eigenvalue weighted by Gasteiger charge is 2.25. The smallest absolute Gasteiger partial charge is 0.293 e. The Morgan fingerprint density at radius 3 is 2.73 bits per heavy atom. The lowest BCUT2D eigenvalue weighted by Gasteiger charge is -2.10. The minimum atomic E-state index is -0.460. The van der Waals surface area contributed by atoms with Crippen molar-refractivity contribution in [1.29, 1.82) is 0 Å². The van der Waals surface area contributed by atoms with Crippen molar-refractivity contribution in [3.05, 3.63) is 63.7 Å². The molecule has 0 unspecified atom stereocenters. The number of hydrogen-bond donors (Lipinski definition) is 3. The van der Waals surface area contributed by atoms with E-state index in [0.717, 1.165) is 24.9 Å². The molecule has 0 saturated heterocycles. The van der Waals surface area contributed by atoms with Crippen LogP contribution in [0.1, 0.15) is 35.7 Å². The number of nitrogens with one attached hydrogen (secondary N) is 3. The third kappa shape index (κ3) is 4.58. The number of nitro benzene ring substituents is 1. The van der Waals surface area contributed by atoms with E-state index in [1.165, 1.54) is 6.07 Å². The molecule has 7 heteroatoms. The number of carbonyl (C=O) groups is 1. The zero-order valence-corrected chi connectivity index (χ0v) is 14.6. The van der Waals surface area contributed by atoms with Crippen LogP contribution in [-0.4, -0.2) is 23.4 Å². The van der Waals surface area contributed by atoms with Crippen molar-refractivity contribution in [1.82, 2.24) is 5.32 Å². The molecule has 7 nitrogen and oxygen atoms in total. The summed E-state index contributed by atoms with van der Waals surface area (Å²) in [6.07, 6.45) is 2.03. The molecule has 0 heterocycles. The minimum Gasteiger partial charge on any atom is -0.377 e. The number of amides is 1. The molecule has 0 atom stereocenters. The first-order valence-electron chi connectivity index (χ1n) is 8.73. The van der Waals surface area contributed by atoms with E-state index in [1.54, 1.807) is 18.2 Å². The summed E-state index contributed by atoms with van der Waals surface area (Å²) in [5.74, 6) is -0.369. The van der Waals surface area contributed by atoms with Gasteiger partial charge in [0, 0.05) is 29.9 Å². The molecule has 0 spiro atoms. The van der Waals surface area contributed by atoms with Gasteiger partial charge in [0.25, 0.3) is 11.6 Å². The third-order valence-corrected chi connectivity index (χ3v) is 4.16. The van der Waals surface area contributed by atoms with Crippen LogP contribution in [-0.2, 0) is 6.54 Å². The summed E-state index contributed by atoms with van der Waals surface area (Å²) in [5, 5.41) is 20.5. The van der Waals surface area contributed by atoms with Gasteiger partial charge >= 0.3 is 0 Å².